The highest BCUT2D eigenvalue weighted by Gasteiger charge is 2.37. The zero-order valence-corrected chi connectivity index (χ0v) is 19.3. The maximum absolute atomic E-state index is 13.3. The van der Waals surface area contributed by atoms with Crippen molar-refractivity contribution < 1.29 is 32.2 Å². The van der Waals surface area contributed by atoms with Crippen molar-refractivity contribution in [2.24, 2.45) is 0 Å². The van der Waals surface area contributed by atoms with Crippen molar-refractivity contribution in [2.75, 3.05) is 58.5 Å². The molecular formula is C22H30F3N5O4. The van der Waals surface area contributed by atoms with Gasteiger partial charge < -0.3 is 29.3 Å². The molecule has 2 unspecified atom stereocenters. The second kappa shape index (κ2) is 10.4. The van der Waals surface area contributed by atoms with E-state index in [2.05, 4.69) is 15.3 Å². The number of nitrogens with zero attached hydrogens (tertiary/aromatic N) is 4. The third kappa shape index (κ3) is 5.44. The van der Waals surface area contributed by atoms with Gasteiger partial charge in [0, 0.05) is 64.6 Å². The number of amides is 1. The number of methoxy groups -OCH3 is 2. The minimum atomic E-state index is -4.53. The van der Waals surface area contributed by atoms with Crippen molar-refractivity contribution in [2.45, 2.75) is 43.6 Å². The van der Waals surface area contributed by atoms with Gasteiger partial charge in [0.1, 0.15) is 11.5 Å². The molecule has 1 aromatic heterocycles. The van der Waals surface area contributed by atoms with Crippen LogP contribution in [0.2, 0.25) is 0 Å². The van der Waals surface area contributed by atoms with E-state index in [9.17, 15) is 18.0 Å². The molecule has 1 aromatic rings. The lowest BCUT2D eigenvalue weighted by atomic mass is 10.0. The van der Waals surface area contributed by atoms with Crippen molar-refractivity contribution >= 4 is 11.9 Å². The molecule has 2 saturated heterocycles. The van der Waals surface area contributed by atoms with Crippen LogP contribution in [0.3, 0.4) is 0 Å². The van der Waals surface area contributed by atoms with Gasteiger partial charge in [-0.15, -0.1) is 0 Å². The van der Waals surface area contributed by atoms with E-state index in [1.54, 1.807) is 24.0 Å². The normalized spacial score (nSPS) is 26.2. The maximum atomic E-state index is 13.3. The van der Waals surface area contributed by atoms with Crippen molar-refractivity contribution in [1.29, 1.82) is 0 Å². The van der Waals surface area contributed by atoms with Crippen LogP contribution in [0.15, 0.2) is 23.6 Å². The molecule has 0 spiro atoms. The van der Waals surface area contributed by atoms with Crippen LogP contribution in [-0.4, -0.2) is 92.6 Å². The van der Waals surface area contributed by atoms with Gasteiger partial charge in [-0.1, -0.05) is 0 Å². The largest absolute Gasteiger partial charge is 0.501 e. The Morgan fingerprint density at radius 2 is 1.97 bits per heavy atom. The van der Waals surface area contributed by atoms with Crippen LogP contribution in [0.4, 0.5) is 19.1 Å². The highest BCUT2D eigenvalue weighted by molar-refractivity contribution is 5.94. The summed E-state index contributed by atoms with van der Waals surface area (Å²) in [6.07, 6.45) is -1.46. The van der Waals surface area contributed by atoms with Crippen LogP contribution in [-0.2, 0) is 25.2 Å². The summed E-state index contributed by atoms with van der Waals surface area (Å²) in [4.78, 5) is 24.3. The number of alkyl halides is 3. The Kier molecular flexibility index (Phi) is 7.58. The smallest absolute Gasteiger partial charge is 0.433 e. The first-order valence-corrected chi connectivity index (χ1v) is 11.4. The standard InChI is InChI=1S/C22H30F3N5O4/c1-32-17-12-14(27-16-4-10-34-13-18(16)33-2)11-15(17)20(31)29-6-8-30(9-7-29)21-26-5-3-19(28-21)22(23,24)25/h3,5,14,16,18,27H,4,6-13H2,1-2H3/t14-,16?,18?/m0/s1. The Hall–Kier alpha value is -2.44. The molecule has 1 amide bonds. The average Bonchev–Trinajstić information content (AvgIpc) is 3.26. The van der Waals surface area contributed by atoms with E-state index < -0.39 is 11.9 Å². The number of rotatable bonds is 6. The highest BCUT2D eigenvalue weighted by atomic mass is 19.4. The summed E-state index contributed by atoms with van der Waals surface area (Å²) in [5.74, 6) is 0.598. The Labute approximate surface area is 196 Å². The van der Waals surface area contributed by atoms with Crippen LogP contribution >= 0.6 is 0 Å². The van der Waals surface area contributed by atoms with Crippen LogP contribution in [0.1, 0.15) is 25.0 Å². The predicted octanol–water partition coefficient (Wildman–Crippen LogP) is 1.60. The van der Waals surface area contributed by atoms with Crippen LogP contribution in [0.5, 0.6) is 0 Å². The molecule has 0 aromatic carbocycles. The summed E-state index contributed by atoms with van der Waals surface area (Å²) >= 11 is 0. The van der Waals surface area contributed by atoms with E-state index in [1.165, 1.54) is 0 Å². The van der Waals surface area contributed by atoms with Gasteiger partial charge in [-0.25, -0.2) is 9.97 Å². The van der Waals surface area contributed by atoms with E-state index in [0.29, 0.717) is 63.6 Å². The van der Waals surface area contributed by atoms with E-state index in [1.807, 2.05) is 0 Å². The Morgan fingerprint density at radius 1 is 1.21 bits per heavy atom. The molecule has 2 aliphatic heterocycles. The number of piperazine rings is 1. The quantitative estimate of drug-likeness (QED) is 0.650. The second-order valence-corrected chi connectivity index (χ2v) is 8.64. The molecule has 3 atom stereocenters. The molecule has 0 radical (unpaired) electrons. The zero-order chi connectivity index (χ0) is 24.3. The van der Waals surface area contributed by atoms with Crippen LogP contribution < -0.4 is 10.2 Å². The molecule has 0 bridgehead atoms. The summed E-state index contributed by atoms with van der Waals surface area (Å²) in [7, 11) is 3.24. The van der Waals surface area contributed by atoms with Gasteiger partial charge in [0.15, 0.2) is 0 Å². The molecule has 3 heterocycles. The monoisotopic (exact) mass is 485 g/mol. The lowest BCUT2D eigenvalue weighted by molar-refractivity contribution is -0.141. The van der Waals surface area contributed by atoms with Gasteiger partial charge in [0.05, 0.1) is 25.4 Å². The molecule has 0 saturated carbocycles. The predicted molar refractivity (Wildman–Crippen MR) is 116 cm³/mol. The molecule has 4 rings (SSSR count). The zero-order valence-electron chi connectivity index (χ0n) is 19.3. The Morgan fingerprint density at radius 3 is 2.65 bits per heavy atom. The van der Waals surface area contributed by atoms with E-state index >= 15 is 0 Å². The van der Waals surface area contributed by atoms with Gasteiger partial charge >= 0.3 is 6.18 Å². The van der Waals surface area contributed by atoms with Gasteiger partial charge in [0.2, 0.25) is 5.95 Å². The molecule has 188 valence electrons. The Balaban J connectivity index is 1.35. The van der Waals surface area contributed by atoms with Crippen LogP contribution in [0.25, 0.3) is 0 Å². The summed E-state index contributed by atoms with van der Waals surface area (Å²) in [6.45, 7) is 2.63. The van der Waals surface area contributed by atoms with E-state index in [-0.39, 0.29) is 30.0 Å². The van der Waals surface area contributed by atoms with Gasteiger partial charge in [-0.2, -0.15) is 13.2 Å². The molecule has 34 heavy (non-hydrogen) atoms. The van der Waals surface area contributed by atoms with Crippen molar-refractivity contribution in [3.05, 3.63) is 29.3 Å². The van der Waals surface area contributed by atoms with Gasteiger partial charge in [0.25, 0.3) is 5.91 Å². The number of hydrogen-bond acceptors (Lipinski definition) is 8. The van der Waals surface area contributed by atoms with Crippen molar-refractivity contribution in [1.82, 2.24) is 20.2 Å². The number of aromatic nitrogens is 2. The minimum absolute atomic E-state index is 0.0213. The summed E-state index contributed by atoms with van der Waals surface area (Å²) < 4.78 is 55.5. The first-order valence-electron chi connectivity index (χ1n) is 11.4. The van der Waals surface area contributed by atoms with Crippen molar-refractivity contribution in [3.8, 4) is 0 Å². The third-order valence-corrected chi connectivity index (χ3v) is 6.56. The third-order valence-electron chi connectivity index (χ3n) is 6.56. The topological polar surface area (TPSA) is 89.1 Å². The first-order chi connectivity index (χ1) is 16.3. The first kappa shape index (κ1) is 24.7. The molecule has 1 aliphatic carbocycles. The summed E-state index contributed by atoms with van der Waals surface area (Å²) in [6, 6.07) is 1.06. The molecule has 2 fully saturated rings. The highest BCUT2D eigenvalue weighted by Crippen LogP contribution is 2.31. The number of halogens is 3. The van der Waals surface area contributed by atoms with E-state index in [0.717, 1.165) is 18.7 Å². The fourth-order valence-corrected chi connectivity index (χ4v) is 4.71. The fraction of sp³-hybridized carbons (Fsp3) is 0.682. The second-order valence-electron chi connectivity index (χ2n) is 8.64. The molecular weight excluding hydrogens is 455 g/mol. The SMILES string of the molecule is COC1=C(C(=O)N2CCN(c3nccc(C(F)(F)F)n3)CC2)C[C@H](NC2CCOCC2OC)C1. The fourth-order valence-electron chi connectivity index (χ4n) is 4.71. The number of nitrogens with one attached hydrogen (secondary N) is 1. The average molecular weight is 486 g/mol. The summed E-state index contributed by atoms with van der Waals surface area (Å²) in [5, 5.41) is 3.60. The lowest BCUT2D eigenvalue weighted by Gasteiger charge is -2.35. The van der Waals surface area contributed by atoms with Gasteiger partial charge in [-0.05, 0) is 18.9 Å². The maximum Gasteiger partial charge on any atom is 0.433 e. The number of carbonyl (C=O) groups is 1. The molecule has 1 N–H and O–H groups in total. The summed E-state index contributed by atoms with van der Waals surface area (Å²) in [5.41, 5.74) is -0.333. The van der Waals surface area contributed by atoms with Crippen LogP contribution in [0, 0.1) is 0 Å². The number of anilines is 1. The van der Waals surface area contributed by atoms with E-state index in [4.69, 9.17) is 14.2 Å². The minimum Gasteiger partial charge on any atom is -0.501 e. The molecule has 12 heteroatoms. The number of hydrogen-bond donors (Lipinski definition) is 1. The lowest BCUT2D eigenvalue weighted by Crippen LogP contribution is -2.51. The number of ether oxygens (including phenoxy) is 3. The van der Waals surface area contributed by atoms with Crippen molar-refractivity contribution in [3.63, 3.8) is 0 Å². The Bertz CT molecular complexity index is 905. The number of carbonyl (C=O) groups excluding carboxylic acids is 1. The van der Waals surface area contributed by atoms with Gasteiger partial charge in [-0.3, -0.25) is 4.79 Å². The molecule has 9 nitrogen and oxygen atoms in total. The molecule has 3 aliphatic rings.